The van der Waals surface area contributed by atoms with Crippen molar-refractivity contribution in [3.8, 4) is 6.07 Å². The Bertz CT molecular complexity index is 938. The lowest BCUT2D eigenvalue weighted by atomic mass is 10.1. The molecule has 0 fully saturated rings. The Morgan fingerprint density at radius 2 is 1.78 bits per heavy atom. The van der Waals surface area contributed by atoms with Gasteiger partial charge in [-0.3, -0.25) is 0 Å². The van der Waals surface area contributed by atoms with E-state index in [1.807, 2.05) is 79.2 Å². The molecule has 3 rings (SSSR count). The van der Waals surface area contributed by atoms with Crippen LogP contribution in [0.2, 0.25) is 0 Å². The molecule has 0 atom stereocenters. The average molecular weight is 299 g/mol. The lowest BCUT2D eigenvalue weighted by molar-refractivity contribution is 0.924. The summed E-state index contributed by atoms with van der Waals surface area (Å²) >= 11 is 0. The number of allylic oxidation sites excluding steroid dienone is 3. The van der Waals surface area contributed by atoms with Crippen molar-refractivity contribution in [3.05, 3.63) is 77.6 Å². The molecule has 3 nitrogen and oxygen atoms in total. The molecule has 0 aliphatic rings. The van der Waals surface area contributed by atoms with Gasteiger partial charge in [0.15, 0.2) is 5.82 Å². The van der Waals surface area contributed by atoms with Crippen LogP contribution in [0.3, 0.4) is 0 Å². The van der Waals surface area contributed by atoms with Gasteiger partial charge in [-0.15, -0.1) is 0 Å². The van der Waals surface area contributed by atoms with Gasteiger partial charge in [-0.1, -0.05) is 48.5 Å². The predicted octanol–water partition coefficient (Wildman–Crippen LogP) is 4.58. The highest BCUT2D eigenvalue weighted by molar-refractivity contribution is 5.84. The smallest absolute Gasteiger partial charge is 0.151 e. The van der Waals surface area contributed by atoms with Gasteiger partial charge in [0, 0.05) is 7.05 Å². The van der Waals surface area contributed by atoms with Gasteiger partial charge in [-0.2, -0.15) is 5.26 Å². The number of para-hydroxylation sites is 2. The van der Waals surface area contributed by atoms with Crippen molar-refractivity contribution >= 4 is 22.7 Å². The maximum Gasteiger partial charge on any atom is 0.151 e. The summed E-state index contributed by atoms with van der Waals surface area (Å²) in [6.45, 7) is 1.99. The van der Waals surface area contributed by atoms with Crippen molar-refractivity contribution in [2.75, 3.05) is 0 Å². The lowest BCUT2D eigenvalue weighted by Gasteiger charge is -2.01. The number of hydrogen-bond acceptors (Lipinski definition) is 2. The van der Waals surface area contributed by atoms with Crippen LogP contribution in [0.1, 0.15) is 18.3 Å². The Balaban J connectivity index is 2.03. The fourth-order valence-electron chi connectivity index (χ4n) is 2.61. The normalized spacial score (nSPS) is 12.4. The molecular weight excluding hydrogens is 282 g/mol. The first kappa shape index (κ1) is 14.8. The summed E-state index contributed by atoms with van der Waals surface area (Å²) in [5, 5.41) is 9.55. The van der Waals surface area contributed by atoms with E-state index >= 15 is 0 Å². The molecular formula is C20H17N3. The van der Waals surface area contributed by atoms with Crippen LogP contribution in [-0.4, -0.2) is 9.55 Å². The average Bonchev–Trinajstić information content (AvgIpc) is 2.91. The van der Waals surface area contributed by atoms with Crippen LogP contribution in [0.4, 0.5) is 0 Å². The summed E-state index contributed by atoms with van der Waals surface area (Å²) in [7, 11) is 1.94. The van der Waals surface area contributed by atoms with Crippen molar-refractivity contribution in [2.45, 2.75) is 6.92 Å². The molecule has 3 heteroatoms. The zero-order valence-electron chi connectivity index (χ0n) is 13.2. The SMILES string of the molecule is CC(=Cc1ccccc1)C=C(C#N)c1nc2ccccc2n1C. The van der Waals surface area contributed by atoms with Gasteiger partial charge in [0.25, 0.3) is 0 Å². The quantitative estimate of drug-likeness (QED) is 0.524. The van der Waals surface area contributed by atoms with Crippen LogP contribution >= 0.6 is 0 Å². The van der Waals surface area contributed by atoms with Crippen molar-refractivity contribution in [3.63, 3.8) is 0 Å². The molecule has 0 radical (unpaired) electrons. The minimum absolute atomic E-state index is 0.563. The molecule has 3 aromatic rings. The fourth-order valence-corrected chi connectivity index (χ4v) is 2.61. The van der Waals surface area contributed by atoms with Gasteiger partial charge in [0.05, 0.1) is 16.6 Å². The van der Waals surface area contributed by atoms with Gasteiger partial charge < -0.3 is 4.57 Å². The number of hydrogen-bond donors (Lipinski definition) is 0. The number of aryl methyl sites for hydroxylation is 1. The molecule has 0 amide bonds. The predicted molar refractivity (Wildman–Crippen MR) is 94.4 cm³/mol. The molecule has 112 valence electrons. The number of aromatic nitrogens is 2. The Kier molecular flexibility index (Phi) is 4.07. The summed E-state index contributed by atoms with van der Waals surface area (Å²) in [5.41, 5.74) is 4.61. The van der Waals surface area contributed by atoms with Crippen LogP contribution in [0, 0.1) is 11.3 Å². The zero-order valence-corrected chi connectivity index (χ0v) is 13.2. The Labute approximate surface area is 135 Å². The van der Waals surface area contributed by atoms with Crippen molar-refractivity contribution in [1.82, 2.24) is 9.55 Å². The second kappa shape index (κ2) is 6.33. The molecule has 0 saturated heterocycles. The van der Waals surface area contributed by atoms with Gasteiger partial charge in [0.2, 0.25) is 0 Å². The topological polar surface area (TPSA) is 41.6 Å². The molecule has 0 spiro atoms. The van der Waals surface area contributed by atoms with E-state index in [2.05, 4.69) is 17.1 Å². The standard InChI is InChI=1S/C20H17N3/c1-15(12-16-8-4-3-5-9-16)13-17(14-21)20-22-18-10-6-7-11-19(18)23(20)2/h3-13H,1-2H3. The largest absolute Gasteiger partial charge is 0.327 e. The van der Waals surface area contributed by atoms with Gasteiger partial charge in [-0.05, 0) is 36.3 Å². The first-order valence-electron chi connectivity index (χ1n) is 7.46. The zero-order chi connectivity index (χ0) is 16.2. The second-order valence-corrected chi connectivity index (χ2v) is 5.45. The third-order valence-corrected chi connectivity index (χ3v) is 3.71. The van der Waals surface area contributed by atoms with Crippen molar-refractivity contribution < 1.29 is 0 Å². The summed E-state index contributed by atoms with van der Waals surface area (Å²) in [6, 6.07) is 20.2. The molecule has 2 aromatic carbocycles. The van der Waals surface area contributed by atoms with Gasteiger partial charge >= 0.3 is 0 Å². The van der Waals surface area contributed by atoms with E-state index in [0.29, 0.717) is 11.4 Å². The van der Waals surface area contributed by atoms with Crippen LogP contribution in [-0.2, 0) is 7.05 Å². The summed E-state index contributed by atoms with van der Waals surface area (Å²) in [4.78, 5) is 4.59. The molecule has 1 heterocycles. The van der Waals surface area contributed by atoms with Gasteiger partial charge in [0.1, 0.15) is 6.07 Å². The van der Waals surface area contributed by atoms with Crippen LogP contribution in [0.25, 0.3) is 22.7 Å². The molecule has 1 aromatic heterocycles. The van der Waals surface area contributed by atoms with E-state index < -0.39 is 0 Å². The Morgan fingerprint density at radius 3 is 2.48 bits per heavy atom. The van der Waals surface area contributed by atoms with E-state index in [0.717, 1.165) is 22.2 Å². The number of rotatable bonds is 3. The summed E-state index contributed by atoms with van der Waals surface area (Å²) in [6.07, 6.45) is 3.94. The number of nitriles is 1. The maximum atomic E-state index is 9.55. The van der Waals surface area contributed by atoms with E-state index in [4.69, 9.17) is 0 Å². The van der Waals surface area contributed by atoms with Crippen molar-refractivity contribution in [2.24, 2.45) is 7.05 Å². The number of fused-ring (bicyclic) bond motifs is 1. The highest BCUT2D eigenvalue weighted by Gasteiger charge is 2.11. The van der Waals surface area contributed by atoms with Crippen LogP contribution in [0.15, 0.2) is 66.2 Å². The Hall–Kier alpha value is -3.12. The summed E-state index contributed by atoms with van der Waals surface area (Å²) in [5.74, 6) is 0.689. The third kappa shape index (κ3) is 3.07. The fraction of sp³-hybridized carbons (Fsp3) is 0.100. The van der Waals surface area contributed by atoms with Gasteiger partial charge in [-0.25, -0.2) is 4.98 Å². The number of benzene rings is 2. The monoisotopic (exact) mass is 299 g/mol. The molecule has 0 unspecified atom stereocenters. The van der Waals surface area contributed by atoms with E-state index in [9.17, 15) is 5.26 Å². The first-order chi connectivity index (χ1) is 11.2. The van der Waals surface area contributed by atoms with E-state index in [1.54, 1.807) is 0 Å². The Morgan fingerprint density at radius 1 is 1.09 bits per heavy atom. The number of imidazole rings is 1. The molecule has 0 N–H and O–H groups in total. The molecule has 0 aliphatic carbocycles. The first-order valence-corrected chi connectivity index (χ1v) is 7.46. The lowest BCUT2D eigenvalue weighted by Crippen LogP contribution is -1.96. The number of nitrogens with zero attached hydrogens (tertiary/aromatic N) is 3. The molecule has 0 bridgehead atoms. The minimum Gasteiger partial charge on any atom is -0.327 e. The molecule has 0 saturated carbocycles. The van der Waals surface area contributed by atoms with E-state index in [-0.39, 0.29) is 0 Å². The molecule has 0 aliphatic heterocycles. The highest BCUT2D eigenvalue weighted by Crippen LogP contribution is 2.21. The van der Waals surface area contributed by atoms with E-state index in [1.165, 1.54) is 0 Å². The minimum atomic E-state index is 0.563. The van der Waals surface area contributed by atoms with Crippen LogP contribution < -0.4 is 0 Å². The van der Waals surface area contributed by atoms with Crippen LogP contribution in [0.5, 0.6) is 0 Å². The second-order valence-electron chi connectivity index (χ2n) is 5.45. The summed E-state index contributed by atoms with van der Waals surface area (Å²) < 4.78 is 1.96. The van der Waals surface area contributed by atoms with Crippen molar-refractivity contribution in [1.29, 1.82) is 5.26 Å². The highest BCUT2D eigenvalue weighted by atomic mass is 15.1. The molecule has 23 heavy (non-hydrogen) atoms. The third-order valence-electron chi connectivity index (χ3n) is 3.71. The maximum absolute atomic E-state index is 9.55.